The molecule has 0 saturated carbocycles. The minimum absolute atomic E-state index is 0.399. The van der Waals surface area contributed by atoms with Gasteiger partial charge in [-0.25, -0.2) is 15.0 Å². The monoisotopic (exact) mass is 475 g/mol. The first-order valence-corrected chi connectivity index (χ1v) is 12.5. The van der Waals surface area contributed by atoms with Crippen molar-refractivity contribution in [1.82, 2.24) is 29.6 Å². The highest BCUT2D eigenvalue weighted by Gasteiger charge is 2.25. The zero-order valence-corrected chi connectivity index (χ0v) is 20.5. The van der Waals surface area contributed by atoms with Crippen LogP contribution < -0.4 is 20.3 Å². The Morgan fingerprint density at radius 2 is 2.03 bits per heavy atom. The van der Waals surface area contributed by atoms with Gasteiger partial charge in [-0.2, -0.15) is 5.10 Å². The molecule has 1 fully saturated rings. The van der Waals surface area contributed by atoms with Crippen molar-refractivity contribution in [2.24, 2.45) is 7.05 Å². The van der Waals surface area contributed by atoms with Gasteiger partial charge in [0.1, 0.15) is 12.3 Å². The Kier molecular flexibility index (Phi) is 5.89. The van der Waals surface area contributed by atoms with E-state index in [4.69, 9.17) is 9.72 Å². The minimum atomic E-state index is 0.399. The molecule has 2 N–H and O–H groups in total. The summed E-state index contributed by atoms with van der Waals surface area (Å²) in [5.41, 5.74) is 6.95. The van der Waals surface area contributed by atoms with Crippen molar-refractivity contribution in [1.29, 1.82) is 0 Å². The molecule has 0 aromatic carbocycles. The maximum absolute atomic E-state index is 5.70. The molecular formula is C25H33N9O. The van der Waals surface area contributed by atoms with Gasteiger partial charge in [0.05, 0.1) is 30.3 Å². The second-order valence-electron chi connectivity index (χ2n) is 9.78. The Morgan fingerprint density at radius 1 is 1.14 bits per heavy atom. The van der Waals surface area contributed by atoms with Gasteiger partial charge in [-0.05, 0) is 31.7 Å². The number of anilines is 3. The first-order chi connectivity index (χ1) is 17.1. The van der Waals surface area contributed by atoms with E-state index in [0.717, 1.165) is 81.5 Å². The van der Waals surface area contributed by atoms with Crippen LogP contribution in [0.15, 0.2) is 24.8 Å². The predicted molar refractivity (Wildman–Crippen MR) is 135 cm³/mol. The molecule has 0 unspecified atom stereocenters. The highest BCUT2D eigenvalue weighted by atomic mass is 16.5. The quantitative estimate of drug-likeness (QED) is 0.576. The van der Waals surface area contributed by atoms with Crippen molar-refractivity contribution in [2.75, 3.05) is 48.3 Å². The van der Waals surface area contributed by atoms with Crippen LogP contribution in [0.1, 0.15) is 35.2 Å². The Balaban J connectivity index is 1.09. The lowest BCUT2D eigenvalue weighted by Crippen LogP contribution is -2.39. The lowest BCUT2D eigenvalue weighted by molar-refractivity contribution is 0.211. The molecule has 0 bridgehead atoms. The molecule has 3 aromatic rings. The molecular weight excluding hydrogens is 442 g/mol. The largest absolute Gasteiger partial charge is 0.474 e. The number of pyridine rings is 1. The number of nitrogens with zero attached hydrogens (tertiary/aromatic N) is 7. The summed E-state index contributed by atoms with van der Waals surface area (Å²) in [5.74, 6) is 1.45. The average molecular weight is 476 g/mol. The van der Waals surface area contributed by atoms with Gasteiger partial charge < -0.3 is 20.3 Å². The summed E-state index contributed by atoms with van der Waals surface area (Å²) in [5, 5.41) is 11.3. The summed E-state index contributed by atoms with van der Waals surface area (Å²) in [6, 6.07) is 0.399. The fourth-order valence-corrected chi connectivity index (χ4v) is 5.34. The summed E-state index contributed by atoms with van der Waals surface area (Å²) in [4.78, 5) is 19.0. The molecule has 1 saturated heterocycles. The summed E-state index contributed by atoms with van der Waals surface area (Å²) in [6.45, 7) is 8.39. The van der Waals surface area contributed by atoms with Gasteiger partial charge in [-0.3, -0.25) is 9.58 Å². The van der Waals surface area contributed by atoms with Gasteiger partial charge >= 0.3 is 0 Å². The smallest absolute Gasteiger partial charge is 0.237 e. The SMILES string of the molecule is Cc1c(N2CCc3cnc(NC4CCN(Cc5cnn(C)c5)CC4)nc3C2)cnc2c1NCCO2. The summed E-state index contributed by atoms with van der Waals surface area (Å²) in [6.07, 6.45) is 11.1. The molecule has 10 heteroatoms. The molecule has 3 aliphatic rings. The fourth-order valence-electron chi connectivity index (χ4n) is 5.34. The number of nitrogens with one attached hydrogen (secondary N) is 2. The molecule has 0 radical (unpaired) electrons. The van der Waals surface area contributed by atoms with Gasteiger partial charge in [-0.15, -0.1) is 0 Å². The van der Waals surface area contributed by atoms with Crippen molar-refractivity contribution in [3.05, 3.63) is 47.2 Å². The van der Waals surface area contributed by atoms with Gasteiger partial charge in [-0.1, -0.05) is 0 Å². The summed E-state index contributed by atoms with van der Waals surface area (Å²) < 4.78 is 7.57. The highest BCUT2D eigenvalue weighted by Crippen LogP contribution is 2.36. The van der Waals surface area contributed by atoms with Crippen LogP contribution in [0.4, 0.5) is 17.3 Å². The number of hydrogen-bond donors (Lipinski definition) is 2. The molecule has 0 spiro atoms. The highest BCUT2D eigenvalue weighted by molar-refractivity contribution is 5.70. The molecule has 35 heavy (non-hydrogen) atoms. The third-order valence-corrected chi connectivity index (χ3v) is 7.29. The first-order valence-electron chi connectivity index (χ1n) is 12.5. The van der Waals surface area contributed by atoms with Crippen molar-refractivity contribution in [3.63, 3.8) is 0 Å². The number of hydrogen-bond acceptors (Lipinski definition) is 9. The van der Waals surface area contributed by atoms with Gasteiger partial charge in [0, 0.05) is 69.3 Å². The summed E-state index contributed by atoms with van der Waals surface area (Å²) in [7, 11) is 1.97. The average Bonchev–Trinajstić information content (AvgIpc) is 3.29. The zero-order valence-electron chi connectivity index (χ0n) is 20.5. The molecule has 3 aromatic heterocycles. The number of likely N-dealkylation sites (tertiary alicyclic amines) is 1. The molecule has 3 aliphatic heterocycles. The first kappa shape index (κ1) is 22.1. The normalized spacial score (nSPS) is 18.4. The molecule has 184 valence electrons. The van der Waals surface area contributed by atoms with E-state index in [1.165, 1.54) is 16.7 Å². The van der Waals surface area contributed by atoms with Crippen LogP contribution in [0, 0.1) is 6.92 Å². The third kappa shape index (κ3) is 4.62. The number of fused-ring (bicyclic) bond motifs is 2. The van der Waals surface area contributed by atoms with Crippen LogP contribution in [0.2, 0.25) is 0 Å². The van der Waals surface area contributed by atoms with Crippen LogP contribution in [-0.2, 0) is 26.6 Å². The van der Waals surface area contributed by atoms with Crippen molar-refractivity contribution >= 4 is 17.3 Å². The number of piperidine rings is 1. The van der Waals surface area contributed by atoms with E-state index in [9.17, 15) is 0 Å². The maximum Gasteiger partial charge on any atom is 0.237 e. The van der Waals surface area contributed by atoms with Gasteiger partial charge in [0.25, 0.3) is 0 Å². The van der Waals surface area contributed by atoms with E-state index in [-0.39, 0.29) is 0 Å². The van der Waals surface area contributed by atoms with Crippen molar-refractivity contribution in [3.8, 4) is 5.88 Å². The molecule has 10 nitrogen and oxygen atoms in total. The summed E-state index contributed by atoms with van der Waals surface area (Å²) >= 11 is 0. The number of ether oxygens (including phenoxy) is 1. The minimum Gasteiger partial charge on any atom is -0.474 e. The number of aryl methyl sites for hydroxylation is 1. The third-order valence-electron chi connectivity index (χ3n) is 7.29. The topological polar surface area (TPSA) is 96.3 Å². The lowest BCUT2D eigenvalue weighted by atomic mass is 10.0. The van der Waals surface area contributed by atoms with E-state index in [1.54, 1.807) is 0 Å². The van der Waals surface area contributed by atoms with Crippen LogP contribution in [-0.4, -0.2) is 68.5 Å². The Morgan fingerprint density at radius 3 is 2.86 bits per heavy atom. The van der Waals surface area contributed by atoms with Crippen LogP contribution in [0.25, 0.3) is 0 Å². The van der Waals surface area contributed by atoms with E-state index in [0.29, 0.717) is 18.5 Å². The Bertz CT molecular complexity index is 1200. The van der Waals surface area contributed by atoms with E-state index in [2.05, 4.69) is 48.6 Å². The maximum atomic E-state index is 5.70. The number of rotatable bonds is 5. The van der Waals surface area contributed by atoms with Gasteiger partial charge in [0.2, 0.25) is 11.8 Å². The number of aromatic nitrogens is 5. The van der Waals surface area contributed by atoms with Crippen LogP contribution in [0.5, 0.6) is 5.88 Å². The molecule has 0 atom stereocenters. The molecule has 0 aliphatic carbocycles. The van der Waals surface area contributed by atoms with E-state index < -0.39 is 0 Å². The second kappa shape index (κ2) is 9.33. The molecule has 6 rings (SSSR count). The predicted octanol–water partition coefficient (Wildman–Crippen LogP) is 2.36. The standard InChI is InChI=1S/C25H33N9O/c1-17-22(13-27-24-23(17)26-6-10-35-24)34-9-3-19-12-28-25(31-21(19)16-34)30-20-4-7-33(8-5-20)15-18-11-29-32(2)14-18/h11-14,20,26H,3-10,15-16H2,1-2H3,(H,28,30,31). The Labute approximate surface area is 205 Å². The van der Waals surface area contributed by atoms with Crippen molar-refractivity contribution in [2.45, 2.75) is 45.3 Å². The van der Waals surface area contributed by atoms with E-state index in [1.807, 2.05) is 30.3 Å². The molecule has 6 heterocycles. The van der Waals surface area contributed by atoms with Gasteiger partial charge in [0.15, 0.2) is 0 Å². The van der Waals surface area contributed by atoms with Crippen LogP contribution >= 0.6 is 0 Å². The fraction of sp³-hybridized carbons (Fsp3) is 0.520. The lowest BCUT2D eigenvalue weighted by Gasteiger charge is -2.33. The van der Waals surface area contributed by atoms with E-state index >= 15 is 0 Å². The molecule has 0 amide bonds. The van der Waals surface area contributed by atoms with Crippen LogP contribution in [0.3, 0.4) is 0 Å². The zero-order chi connectivity index (χ0) is 23.8. The Hall–Kier alpha value is -3.40. The second-order valence-corrected chi connectivity index (χ2v) is 9.78. The van der Waals surface area contributed by atoms with Crippen molar-refractivity contribution < 1.29 is 4.74 Å².